The molecule has 0 saturated heterocycles. The number of hydrogen-bond donors (Lipinski definition) is 0. The Balaban J connectivity index is 1.83. The lowest BCUT2D eigenvalue weighted by Gasteiger charge is -2.48. The van der Waals surface area contributed by atoms with Crippen LogP contribution in [0.1, 0.15) is 54.0 Å². The van der Waals surface area contributed by atoms with Crippen LogP contribution in [-0.2, 0) is 20.4 Å². The van der Waals surface area contributed by atoms with Crippen molar-refractivity contribution in [1.82, 2.24) is 4.98 Å². The number of aldehydes is 1. The smallest absolute Gasteiger partial charge is 0.134 e. The molecular weight excluding hydrogens is 382 g/mol. The van der Waals surface area contributed by atoms with Gasteiger partial charge in [0, 0.05) is 41.9 Å². The van der Waals surface area contributed by atoms with E-state index in [1.165, 1.54) is 22.3 Å². The van der Waals surface area contributed by atoms with Crippen molar-refractivity contribution in [3.8, 4) is 22.4 Å². The number of rotatable bonds is 3. The molecule has 1 aromatic heterocycles. The van der Waals surface area contributed by atoms with Crippen LogP contribution in [-0.4, -0.2) is 17.1 Å². The van der Waals surface area contributed by atoms with Crippen molar-refractivity contribution in [2.75, 3.05) is 0 Å². The van der Waals surface area contributed by atoms with Crippen LogP contribution in [0.3, 0.4) is 0 Å². The molecule has 2 aliphatic carbocycles. The molecular formula is C28H27NO2. The fourth-order valence-corrected chi connectivity index (χ4v) is 6.46. The van der Waals surface area contributed by atoms with E-state index in [9.17, 15) is 9.59 Å². The zero-order valence-corrected chi connectivity index (χ0v) is 18.6. The van der Waals surface area contributed by atoms with Gasteiger partial charge in [-0.1, -0.05) is 42.8 Å². The summed E-state index contributed by atoms with van der Waals surface area (Å²) in [5, 5.41) is 0. The van der Waals surface area contributed by atoms with Gasteiger partial charge in [0.05, 0.1) is 5.69 Å². The first-order valence-electron chi connectivity index (χ1n) is 10.9. The van der Waals surface area contributed by atoms with Gasteiger partial charge in [0.2, 0.25) is 0 Å². The van der Waals surface area contributed by atoms with Crippen LogP contribution < -0.4 is 0 Å². The number of nitrogens with zero attached hydrogens (tertiary/aromatic N) is 1. The molecule has 1 heterocycles. The SMILES string of the molecule is Cc1cc(C)c(-c2ccc3c(c2)C2(C)CC(=O)CC2(CC=O)c2cccnc2-3)c(C)c1. The second-order valence-corrected chi connectivity index (χ2v) is 9.61. The molecule has 2 aromatic carbocycles. The molecule has 1 saturated carbocycles. The van der Waals surface area contributed by atoms with Gasteiger partial charge in [-0.2, -0.15) is 0 Å². The molecule has 0 bridgehead atoms. The number of ketones is 1. The first-order chi connectivity index (χ1) is 14.8. The highest BCUT2D eigenvalue weighted by Gasteiger charge is 2.60. The minimum absolute atomic E-state index is 0.222. The van der Waals surface area contributed by atoms with Crippen LogP contribution in [0.5, 0.6) is 0 Å². The number of hydrogen-bond acceptors (Lipinski definition) is 3. The molecule has 5 rings (SSSR count). The van der Waals surface area contributed by atoms with Crippen LogP contribution in [0, 0.1) is 20.8 Å². The summed E-state index contributed by atoms with van der Waals surface area (Å²) < 4.78 is 0. The van der Waals surface area contributed by atoms with Gasteiger partial charge in [-0.05, 0) is 66.3 Å². The lowest BCUT2D eigenvalue weighted by Crippen LogP contribution is -2.46. The first-order valence-corrected chi connectivity index (χ1v) is 10.9. The molecule has 2 aliphatic rings. The maximum Gasteiger partial charge on any atom is 0.134 e. The Labute approximate surface area is 183 Å². The van der Waals surface area contributed by atoms with Gasteiger partial charge in [0.25, 0.3) is 0 Å². The average Bonchev–Trinajstić information content (AvgIpc) is 2.99. The summed E-state index contributed by atoms with van der Waals surface area (Å²) in [5.74, 6) is 0.222. The molecule has 2 atom stereocenters. The summed E-state index contributed by atoms with van der Waals surface area (Å²) in [6.07, 6.45) is 3.97. The molecule has 0 amide bonds. The van der Waals surface area contributed by atoms with Crippen LogP contribution in [0.4, 0.5) is 0 Å². The Kier molecular flexibility index (Phi) is 4.30. The van der Waals surface area contributed by atoms with E-state index in [1.54, 1.807) is 6.20 Å². The predicted octanol–water partition coefficient (Wildman–Crippen LogP) is 5.80. The molecule has 0 aliphatic heterocycles. The van der Waals surface area contributed by atoms with E-state index in [0.29, 0.717) is 19.3 Å². The van der Waals surface area contributed by atoms with Crippen molar-refractivity contribution in [1.29, 1.82) is 0 Å². The van der Waals surface area contributed by atoms with Gasteiger partial charge in [-0.3, -0.25) is 9.78 Å². The van der Waals surface area contributed by atoms with Crippen LogP contribution >= 0.6 is 0 Å². The van der Waals surface area contributed by atoms with Crippen LogP contribution in [0.25, 0.3) is 22.4 Å². The molecule has 3 aromatic rings. The number of carbonyl (C=O) groups is 2. The van der Waals surface area contributed by atoms with Crippen LogP contribution in [0.15, 0.2) is 48.7 Å². The van der Waals surface area contributed by atoms with Gasteiger partial charge in [0.15, 0.2) is 0 Å². The number of fused-ring (bicyclic) bond motifs is 6. The van der Waals surface area contributed by atoms with Gasteiger partial charge >= 0.3 is 0 Å². The molecule has 31 heavy (non-hydrogen) atoms. The second-order valence-electron chi connectivity index (χ2n) is 9.61. The maximum atomic E-state index is 12.9. The van der Waals surface area contributed by atoms with E-state index in [-0.39, 0.29) is 5.78 Å². The fourth-order valence-electron chi connectivity index (χ4n) is 6.46. The monoisotopic (exact) mass is 409 g/mol. The topological polar surface area (TPSA) is 47.0 Å². The Bertz CT molecular complexity index is 1230. The Morgan fingerprint density at radius 2 is 1.74 bits per heavy atom. The van der Waals surface area contributed by atoms with Crippen LogP contribution in [0.2, 0.25) is 0 Å². The van der Waals surface area contributed by atoms with Gasteiger partial charge in [-0.25, -0.2) is 0 Å². The number of carbonyl (C=O) groups excluding carboxylic acids is 2. The van der Waals surface area contributed by atoms with E-state index in [4.69, 9.17) is 4.98 Å². The van der Waals surface area contributed by atoms with Crippen molar-refractivity contribution >= 4 is 12.1 Å². The fraction of sp³-hybridized carbons (Fsp3) is 0.321. The second kappa shape index (κ2) is 6.71. The third-order valence-electron chi connectivity index (χ3n) is 7.70. The van der Waals surface area contributed by atoms with E-state index < -0.39 is 10.8 Å². The summed E-state index contributed by atoms with van der Waals surface area (Å²) in [6, 6.07) is 15.0. The largest absolute Gasteiger partial charge is 0.303 e. The zero-order chi connectivity index (χ0) is 22.0. The number of benzene rings is 2. The molecule has 0 N–H and O–H groups in total. The van der Waals surface area contributed by atoms with Crippen molar-refractivity contribution < 1.29 is 9.59 Å². The minimum Gasteiger partial charge on any atom is -0.303 e. The van der Waals surface area contributed by atoms with Gasteiger partial charge < -0.3 is 4.79 Å². The molecule has 156 valence electrons. The third-order valence-corrected chi connectivity index (χ3v) is 7.70. The van der Waals surface area contributed by atoms with E-state index in [1.807, 2.05) is 6.07 Å². The minimum atomic E-state index is -0.529. The van der Waals surface area contributed by atoms with Gasteiger partial charge in [0.1, 0.15) is 12.1 Å². The predicted molar refractivity (Wildman–Crippen MR) is 123 cm³/mol. The summed E-state index contributed by atoms with van der Waals surface area (Å²) in [5.41, 5.74) is 9.38. The number of pyridine rings is 1. The summed E-state index contributed by atoms with van der Waals surface area (Å²) in [7, 11) is 0. The lowest BCUT2D eigenvalue weighted by molar-refractivity contribution is -0.117. The quantitative estimate of drug-likeness (QED) is 0.514. The number of aryl methyl sites for hydroxylation is 3. The maximum absolute atomic E-state index is 12.9. The van der Waals surface area contributed by atoms with Crippen molar-refractivity contribution in [3.63, 3.8) is 0 Å². The van der Waals surface area contributed by atoms with Crippen molar-refractivity contribution in [3.05, 3.63) is 76.5 Å². The van der Waals surface area contributed by atoms with E-state index >= 15 is 0 Å². The highest BCUT2D eigenvalue weighted by Crippen LogP contribution is 2.62. The highest BCUT2D eigenvalue weighted by molar-refractivity contribution is 5.92. The summed E-state index contributed by atoms with van der Waals surface area (Å²) >= 11 is 0. The normalized spacial score (nSPS) is 23.8. The number of Topliss-reactive ketones (excluding diaryl/α,β-unsaturated/α-hetero) is 1. The van der Waals surface area contributed by atoms with Crippen molar-refractivity contribution in [2.24, 2.45) is 0 Å². The third kappa shape index (κ3) is 2.62. The molecule has 2 unspecified atom stereocenters. The lowest BCUT2D eigenvalue weighted by atomic mass is 9.54. The molecule has 0 spiro atoms. The van der Waals surface area contributed by atoms with E-state index in [0.717, 1.165) is 34.2 Å². The zero-order valence-electron chi connectivity index (χ0n) is 18.6. The van der Waals surface area contributed by atoms with Gasteiger partial charge in [-0.15, -0.1) is 0 Å². The highest BCUT2D eigenvalue weighted by atomic mass is 16.1. The average molecular weight is 410 g/mol. The van der Waals surface area contributed by atoms with E-state index in [2.05, 4.69) is 64.1 Å². The Morgan fingerprint density at radius 1 is 1.00 bits per heavy atom. The molecule has 0 radical (unpaired) electrons. The summed E-state index contributed by atoms with van der Waals surface area (Å²) in [6.45, 7) is 8.61. The Hall–Kier alpha value is -3.07. The molecule has 3 heteroatoms. The summed E-state index contributed by atoms with van der Waals surface area (Å²) in [4.78, 5) is 29.5. The number of aromatic nitrogens is 1. The molecule has 3 nitrogen and oxygen atoms in total. The Morgan fingerprint density at radius 3 is 2.45 bits per heavy atom. The molecule has 1 fully saturated rings. The first kappa shape index (κ1) is 19.9. The van der Waals surface area contributed by atoms with Crippen molar-refractivity contribution in [2.45, 2.75) is 57.8 Å². The standard InChI is InChI=1S/C28H27NO2/c1-17-12-18(2)25(19(3)13-17)20-7-8-22-24(14-20)27(4)15-21(31)16-28(27,9-11-30)23-6-5-10-29-26(22)23/h5-8,10-14H,9,15-16H2,1-4H3.